The molecule has 0 unspecified atom stereocenters. The van der Waals surface area contributed by atoms with Crippen molar-refractivity contribution in [3.63, 3.8) is 0 Å². The van der Waals surface area contributed by atoms with Crippen LogP contribution in [0.3, 0.4) is 0 Å². The van der Waals surface area contributed by atoms with Gasteiger partial charge in [0.2, 0.25) is 0 Å². The van der Waals surface area contributed by atoms with E-state index in [1.54, 1.807) is 0 Å². The minimum Gasteiger partial charge on any atom is -0.438 e. The molecule has 0 atom stereocenters. The van der Waals surface area contributed by atoms with E-state index in [-0.39, 0.29) is 10.8 Å². The highest BCUT2D eigenvalue weighted by Crippen LogP contribution is 2.46. The van der Waals surface area contributed by atoms with Gasteiger partial charge in [-0.15, -0.1) is 0 Å². The molecule has 0 aliphatic heterocycles. The Bertz CT molecular complexity index is 216. The van der Waals surface area contributed by atoms with Gasteiger partial charge in [-0.3, -0.25) is 0 Å². The summed E-state index contributed by atoms with van der Waals surface area (Å²) in [5.41, 5.74) is -0.883. The minimum absolute atomic E-state index is 0.153. The molecule has 15 heavy (non-hydrogen) atoms. The van der Waals surface area contributed by atoms with Crippen molar-refractivity contribution in [2.75, 3.05) is 7.11 Å². The summed E-state index contributed by atoms with van der Waals surface area (Å²) in [6, 6.07) is 0. The molecule has 0 aromatic rings. The smallest absolute Gasteiger partial charge is 0.438 e. The number of hydrogen-bond donors (Lipinski definition) is 0. The molecule has 0 aromatic carbocycles. The van der Waals surface area contributed by atoms with Gasteiger partial charge in [0.05, 0.1) is 7.11 Å². The summed E-state index contributed by atoms with van der Waals surface area (Å²) < 4.78 is 10.0. The van der Waals surface area contributed by atoms with Crippen molar-refractivity contribution in [2.45, 2.75) is 54.1 Å². The fraction of sp³-hybridized carbons (Fsp3) is 0.917. The lowest BCUT2D eigenvalue weighted by atomic mass is 9.63. The molecular formula is C12H24O3. The Balaban J connectivity index is 5.15. The highest BCUT2D eigenvalue weighted by atomic mass is 16.7. The molecule has 0 N–H and O–H groups in total. The molecule has 0 amide bonds. The molecule has 0 fully saturated rings. The zero-order valence-corrected chi connectivity index (χ0v) is 11.2. The fourth-order valence-corrected chi connectivity index (χ4v) is 1.64. The highest BCUT2D eigenvalue weighted by molar-refractivity contribution is 5.60. The molecule has 0 saturated carbocycles. The van der Waals surface area contributed by atoms with E-state index in [2.05, 4.69) is 46.3 Å². The number of hydrogen-bond acceptors (Lipinski definition) is 3. The molecule has 0 aliphatic carbocycles. The van der Waals surface area contributed by atoms with Crippen molar-refractivity contribution < 1.29 is 14.3 Å². The number of rotatable bonds is 1. The van der Waals surface area contributed by atoms with Crippen LogP contribution in [0.5, 0.6) is 0 Å². The lowest BCUT2D eigenvalue weighted by Gasteiger charge is -2.49. The topological polar surface area (TPSA) is 35.5 Å². The molecule has 0 aromatic heterocycles. The first-order valence-electron chi connectivity index (χ1n) is 5.22. The predicted octanol–water partition coefficient (Wildman–Crippen LogP) is 3.62. The van der Waals surface area contributed by atoms with Gasteiger partial charge in [0.1, 0.15) is 5.60 Å². The van der Waals surface area contributed by atoms with Crippen LogP contribution in [0.4, 0.5) is 4.79 Å². The quantitative estimate of drug-likeness (QED) is 0.628. The molecule has 0 rings (SSSR count). The van der Waals surface area contributed by atoms with Crippen LogP contribution in [0, 0.1) is 10.8 Å². The van der Waals surface area contributed by atoms with Gasteiger partial charge < -0.3 is 9.47 Å². The molecule has 0 radical (unpaired) electrons. The molecule has 0 spiro atoms. The van der Waals surface area contributed by atoms with Gasteiger partial charge in [-0.05, 0) is 6.92 Å². The van der Waals surface area contributed by atoms with Crippen LogP contribution >= 0.6 is 0 Å². The normalized spacial score (nSPS) is 13.6. The molecule has 0 heterocycles. The second-order valence-electron chi connectivity index (χ2n) is 6.09. The van der Waals surface area contributed by atoms with Crippen LogP contribution in [0.15, 0.2) is 0 Å². The van der Waals surface area contributed by atoms with Crippen LogP contribution in [-0.2, 0) is 9.47 Å². The maximum absolute atomic E-state index is 11.3. The van der Waals surface area contributed by atoms with Crippen LogP contribution in [0.2, 0.25) is 0 Å². The summed E-state index contributed by atoms with van der Waals surface area (Å²) in [6.45, 7) is 14.3. The summed E-state index contributed by atoms with van der Waals surface area (Å²) >= 11 is 0. The molecule has 3 heteroatoms. The van der Waals surface area contributed by atoms with Gasteiger partial charge in [-0.1, -0.05) is 41.5 Å². The van der Waals surface area contributed by atoms with Gasteiger partial charge in [-0.25, -0.2) is 4.79 Å². The van der Waals surface area contributed by atoms with Gasteiger partial charge in [0.25, 0.3) is 0 Å². The number of methoxy groups -OCH3 is 1. The molecule has 90 valence electrons. The summed E-state index contributed by atoms with van der Waals surface area (Å²) in [4.78, 5) is 11.3. The van der Waals surface area contributed by atoms with Crippen molar-refractivity contribution in [1.29, 1.82) is 0 Å². The third-order valence-electron chi connectivity index (χ3n) is 3.32. The van der Waals surface area contributed by atoms with Gasteiger partial charge in [-0.2, -0.15) is 0 Å². The molecule has 0 bridgehead atoms. The number of carbonyl (C=O) groups excluding carboxylic acids is 1. The lowest BCUT2D eigenvalue weighted by molar-refractivity contribution is -0.141. The van der Waals surface area contributed by atoms with E-state index >= 15 is 0 Å². The largest absolute Gasteiger partial charge is 0.508 e. The summed E-state index contributed by atoms with van der Waals surface area (Å²) in [5.74, 6) is 0. The predicted molar refractivity (Wildman–Crippen MR) is 60.8 cm³/mol. The van der Waals surface area contributed by atoms with Gasteiger partial charge >= 0.3 is 6.16 Å². The van der Waals surface area contributed by atoms with E-state index in [1.807, 2.05) is 6.92 Å². The summed E-state index contributed by atoms with van der Waals surface area (Å²) in [7, 11) is 1.33. The first-order chi connectivity index (χ1) is 6.45. The van der Waals surface area contributed by atoms with Crippen LogP contribution < -0.4 is 0 Å². The Labute approximate surface area is 93.1 Å². The average Bonchev–Trinajstić information content (AvgIpc) is 1.99. The van der Waals surface area contributed by atoms with E-state index in [9.17, 15) is 4.79 Å². The maximum atomic E-state index is 11.3. The SMILES string of the molecule is COC(=O)OC(C)(C(C)(C)C)C(C)(C)C. The van der Waals surface area contributed by atoms with E-state index in [1.165, 1.54) is 7.11 Å². The van der Waals surface area contributed by atoms with Gasteiger partial charge in [0.15, 0.2) is 0 Å². The number of ether oxygens (including phenoxy) is 2. The van der Waals surface area contributed by atoms with E-state index in [0.29, 0.717) is 0 Å². The Morgan fingerprint density at radius 2 is 1.20 bits per heavy atom. The standard InChI is InChI=1S/C12H24O3/c1-10(2,3)12(7,11(4,5)6)15-9(13)14-8/h1-8H3. The fourth-order valence-electron chi connectivity index (χ4n) is 1.64. The van der Waals surface area contributed by atoms with Crippen molar-refractivity contribution in [2.24, 2.45) is 10.8 Å². The average molecular weight is 216 g/mol. The zero-order chi connectivity index (χ0) is 12.5. The Morgan fingerprint density at radius 1 is 0.867 bits per heavy atom. The van der Waals surface area contributed by atoms with Crippen LogP contribution in [-0.4, -0.2) is 18.9 Å². The number of carbonyl (C=O) groups is 1. The van der Waals surface area contributed by atoms with Crippen molar-refractivity contribution in [3.8, 4) is 0 Å². The maximum Gasteiger partial charge on any atom is 0.508 e. The van der Waals surface area contributed by atoms with Crippen molar-refractivity contribution in [1.82, 2.24) is 0 Å². The van der Waals surface area contributed by atoms with Crippen LogP contribution in [0.25, 0.3) is 0 Å². The Hall–Kier alpha value is -0.730. The van der Waals surface area contributed by atoms with Gasteiger partial charge in [0, 0.05) is 10.8 Å². The van der Waals surface area contributed by atoms with E-state index in [4.69, 9.17) is 4.74 Å². The minimum atomic E-state index is -0.623. The molecular weight excluding hydrogens is 192 g/mol. The first kappa shape index (κ1) is 14.3. The van der Waals surface area contributed by atoms with Crippen LogP contribution in [0.1, 0.15) is 48.5 Å². The monoisotopic (exact) mass is 216 g/mol. The third kappa shape index (κ3) is 2.86. The summed E-state index contributed by atoms with van der Waals surface area (Å²) in [5, 5.41) is 0. The van der Waals surface area contributed by atoms with Crippen molar-refractivity contribution in [3.05, 3.63) is 0 Å². The second-order valence-corrected chi connectivity index (χ2v) is 6.09. The third-order valence-corrected chi connectivity index (χ3v) is 3.32. The van der Waals surface area contributed by atoms with E-state index < -0.39 is 11.8 Å². The Morgan fingerprint density at radius 3 is 1.40 bits per heavy atom. The zero-order valence-electron chi connectivity index (χ0n) is 11.2. The lowest BCUT2D eigenvalue weighted by Crippen LogP contribution is -2.53. The van der Waals surface area contributed by atoms with E-state index in [0.717, 1.165) is 0 Å². The summed E-state index contributed by atoms with van der Waals surface area (Å²) in [6.07, 6.45) is -0.623. The molecule has 0 aliphatic rings. The van der Waals surface area contributed by atoms with Crippen molar-refractivity contribution >= 4 is 6.16 Å². The molecule has 3 nitrogen and oxygen atoms in total. The second kappa shape index (κ2) is 4.03. The highest BCUT2D eigenvalue weighted by Gasteiger charge is 2.50. The molecule has 0 saturated heterocycles. The Kier molecular flexibility index (Phi) is 3.83. The first-order valence-corrected chi connectivity index (χ1v) is 5.22.